The van der Waals surface area contributed by atoms with Crippen LogP contribution in [0.3, 0.4) is 0 Å². The minimum Gasteiger partial charge on any atom is -0.368 e. The van der Waals surface area contributed by atoms with E-state index in [1.807, 2.05) is 17.8 Å². The van der Waals surface area contributed by atoms with Crippen LogP contribution in [0.4, 0.5) is 0 Å². The zero-order valence-corrected chi connectivity index (χ0v) is 15.2. The molecular weight excluding hydrogens is 300 g/mol. The van der Waals surface area contributed by atoms with Gasteiger partial charge in [0, 0.05) is 4.90 Å². The van der Waals surface area contributed by atoms with Crippen LogP contribution in [0.2, 0.25) is 0 Å². The molecule has 1 aromatic rings. The summed E-state index contributed by atoms with van der Waals surface area (Å²) in [5, 5.41) is 0. The molecule has 1 aromatic carbocycles. The highest BCUT2D eigenvalue weighted by molar-refractivity contribution is 7.99. The monoisotopic (exact) mass is 328 g/mol. The molecule has 120 valence electrons. The van der Waals surface area contributed by atoms with Gasteiger partial charge in [-0.25, -0.2) is 0 Å². The first-order chi connectivity index (χ1) is 10.1. The Kier molecular flexibility index (Phi) is 10.3. The van der Waals surface area contributed by atoms with E-state index in [1.165, 1.54) is 11.3 Å². The number of thioether (sulfide) groups is 2. The average Bonchev–Trinajstić information content (AvgIpc) is 2.44. The van der Waals surface area contributed by atoms with E-state index in [9.17, 15) is 0 Å². The number of benzene rings is 1. The van der Waals surface area contributed by atoms with Crippen molar-refractivity contribution in [2.45, 2.75) is 63.1 Å². The van der Waals surface area contributed by atoms with Crippen LogP contribution >= 0.6 is 23.5 Å². The van der Waals surface area contributed by atoms with Gasteiger partial charge in [0.05, 0.1) is 18.1 Å². The lowest BCUT2D eigenvalue weighted by Gasteiger charge is -2.16. The van der Waals surface area contributed by atoms with Gasteiger partial charge in [-0.15, -0.1) is 11.8 Å². The quantitative estimate of drug-likeness (QED) is 0.306. The molecule has 0 fully saturated rings. The normalized spacial score (nSPS) is 14.3. The van der Waals surface area contributed by atoms with Crippen molar-refractivity contribution in [3.63, 3.8) is 0 Å². The van der Waals surface area contributed by atoms with Crippen LogP contribution in [0.1, 0.15) is 40.5 Å². The summed E-state index contributed by atoms with van der Waals surface area (Å²) in [6.07, 6.45) is 2.91. The maximum Gasteiger partial charge on any atom is 0.100 e. The van der Waals surface area contributed by atoms with E-state index in [0.29, 0.717) is 12.2 Å². The maximum atomic E-state index is 5.84. The van der Waals surface area contributed by atoms with E-state index in [-0.39, 0.29) is 5.44 Å². The highest BCUT2D eigenvalue weighted by atomic mass is 32.2. The summed E-state index contributed by atoms with van der Waals surface area (Å²) in [6, 6.07) is 10.4. The zero-order valence-electron chi connectivity index (χ0n) is 13.6. The summed E-state index contributed by atoms with van der Waals surface area (Å²) in [4.78, 5) is 1.26. The first-order valence-corrected chi connectivity index (χ1v) is 9.68. The van der Waals surface area contributed by atoms with Gasteiger partial charge < -0.3 is 9.47 Å². The van der Waals surface area contributed by atoms with Gasteiger partial charge in [0.15, 0.2) is 0 Å². The molecule has 0 aliphatic rings. The summed E-state index contributed by atoms with van der Waals surface area (Å²) >= 11 is 3.64. The van der Waals surface area contributed by atoms with Crippen LogP contribution < -0.4 is 0 Å². The van der Waals surface area contributed by atoms with Gasteiger partial charge in [-0.3, -0.25) is 0 Å². The van der Waals surface area contributed by atoms with Crippen LogP contribution in [-0.2, 0) is 9.47 Å². The molecule has 0 saturated heterocycles. The van der Waals surface area contributed by atoms with Crippen molar-refractivity contribution in [1.82, 2.24) is 0 Å². The molecule has 4 heteroatoms. The van der Waals surface area contributed by atoms with Crippen molar-refractivity contribution in [1.29, 1.82) is 0 Å². The molecule has 0 bridgehead atoms. The minimum atomic E-state index is 0.287. The fourth-order valence-corrected chi connectivity index (χ4v) is 3.61. The molecule has 21 heavy (non-hydrogen) atoms. The Labute approximate surface area is 138 Å². The Balaban J connectivity index is 2.00. The van der Waals surface area contributed by atoms with Crippen LogP contribution in [0.25, 0.3) is 0 Å². The average molecular weight is 329 g/mol. The molecular formula is C17H28O2S2. The van der Waals surface area contributed by atoms with Crippen molar-refractivity contribution >= 4 is 23.5 Å². The molecule has 0 amide bonds. The third-order valence-corrected chi connectivity index (χ3v) is 4.86. The summed E-state index contributed by atoms with van der Waals surface area (Å²) in [5.41, 5.74) is 0.287. The van der Waals surface area contributed by atoms with Crippen molar-refractivity contribution in [3.05, 3.63) is 30.3 Å². The van der Waals surface area contributed by atoms with Gasteiger partial charge in [-0.1, -0.05) is 30.0 Å². The van der Waals surface area contributed by atoms with Crippen molar-refractivity contribution in [3.8, 4) is 0 Å². The van der Waals surface area contributed by atoms with E-state index in [1.54, 1.807) is 11.8 Å². The lowest BCUT2D eigenvalue weighted by atomic mass is 10.2. The van der Waals surface area contributed by atoms with E-state index in [4.69, 9.17) is 9.47 Å². The van der Waals surface area contributed by atoms with Crippen molar-refractivity contribution in [2.24, 2.45) is 0 Å². The highest BCUT2D eigenvalue weighted by Gasteiger charge is 2.06. The Morgan fingerprint density at radius 1 is 1.05 bits per heavy atom. The van der Waals surface area contributed by atoms with Crippen LogP contribution in [0.5, 0.6) is 0 Å². The Bertz CT molecular complexity index is 357. The van der Waals surface area contributed by atoms with Gasteiger partial charge in [-0.05, 0) is 58.4 Å². The molecule has 0 radical (unpaired) electrons. The summed E-state index contributed by atoms with van der Waals surface area (Å²) < 4.78 is 11.5. The van der Waals surface area contributed by atoms with E-state index in [2.05, 4.69) is 52.0 Å². The molecule has 0 aliphatic carbocycles. The molecule has 2 atom stereocenters. The standard InChI is InChI=1S/C17H28O2S2/c1-14(2)19-16(4)20-12-8-9-15(3)18-13-21-17-10-6-5-7-11-17/h5-7,10-11,14-16H,8-9,12-13H2,1-4H3. The molecule has 0 saturated carbocycles. The predicted molar refractivity (Wildman–Crippen MR) is 95.1 cm³/mol. The molecule has 0 aliphatic heterocycles. The number of ether oxygens (including phenoxy) is 2. The second kappa shape index (κ2) is 11.4. The fourth-order valence-electron chi connectivity index (χ4n) is 1.86. The van der Waals surface area contributed by atoms with Crippen molar-refractivity contribution in [2.75, 3.05) is 11.7 Å². The smallest absolute Gasteiger partial charge is 0.100 e. The second-order valence-corrected chi connectivity index (χ2v) is 7.72. The Morgan fingerprint density at radius 2 is 1.76 bits per heavy atom. The van der Waals surface area contributed by atoms with Gasteiger partial charge in [-0.2, -0.15) is 0 Å². The topological polar surface area (TPSA) is 18.5 Å². The number of hydrogen-bond donors (Lipinski definition) is 0. The van der Waals surface area contributed by atoms with Gasteiger partial charge >= 0.3 is 0 Å². The third-order valence-electron chi connectivity index (χ3n) is 2.89. The molecule has 0 N–H and O–H groups in total. The third kappa shape index (κ3) is 10.2. The van der Waals surface area contributed by atoms with Crippen LogP contribution in [0.15, 0.2) is 35.2 Å². The lowest BCUT2D eigenvalue weighted by molar-refractivity contribution is 0.0689. The number of rotatable bonds is 11. The molecule has 2 unspecified atom stereocenters. The minimum absolute atomic E-state index is 0.287. The van der Waals surface area contributed by atoms with Crippen molar-refractivity contribution < 1.29 is 9.47 Å². The van der Waals surface area contributed by atoms with E-state index in [0.717, 1.165) is 18.1 Å². The van der Waals surface area contributed by atoms with E-state index >= 15 is 0 Å². The summed E-state index contributed by atoms with van der Waals surface area (Å²) in [6.45, 7) is 8.44. The summed E-state index contributed by atoms with van der Waals surface area (Å²) in [7, 11) is 0. The van der Waals surface area contributed by atoms with Gasteiger partial charge in [0.1, 0.15) is 5.44 Å². The molecule has 0 spiro atoms. The van der Waals surface area contributed by atoms with Crippen LogP contribution in [-0.4, -0.2) is 29.3 Å². The summed E-state index contributed by atoms with van der Waals surface area (Å²) in [5.74, 6) is 1.86. The van der Waals surface area contributed by atoms with Gasteiger partial charge in [0.25, 0.3) is 0 Å². The lowest BCUT2D eigenvalue weighted by Crippen LogP contribution is -2.12. The fraction of sp³-hybridized carbons (Fsp3) is 0.647. The Morgan fingerprint density at radius 3 is 2.43 bits per heavy atom. The zero-order chi connectivity index (χ0) is 15.5. The second-order valence-electron chi connectivity index (χ2n) is 5.32. The predicted octanol–water partition coefficient (Wildman–Crippen LogP) is 5.43. The highest BCUT2D eigenvalue weighted by Crippen LogP contribution is 2.19. The molecule has 2 nitrogen and oxygen atoms in total. The first-order valence-electron chi connectivity index (χ1n) is 7.64. The van der Waals surface area contributed by atoms with Gasteiger partial charge in [0.2, 0.25) is 0 Å². The largest absolute Gasteiger partial charge is 0.368 e. The number of hydrogen-bond acceptors (Lipinski definition) is 4. The van der Waals surface area contributed by atoms with Crippen LogP contribution in [0, 0.1) is 0 Å². The molecule has 1 rings (SSSR count). The molecule has 0 aromatic heterocycles. The first kappa shape index (κ1) is 18.9. The SMILES string of the molecule is CC(C)OC(C)SCCCC(C)OCSc1ccccc1. The van der Waals surface area contributed by atoms with E-state index < -0.39 is 0 Å². The Hall–Kier alpha value is -0.160. The maximum absolute atomic E-state index is 5.84. The molecule has 0 heterocycles.